The number of carbonyl (C=O) groups excluding carboxylic acids is 1. The van der Waals surface area contributed by atoms with Crippen LogP contribution in [0.1, 0.15) is 64.4 Å². The third kappa shape index (κ3) is 2.94. The standard InChI is InChI=1S/C19H23NO2/c1-12-10-18(14(3)22-12)13(2)20-19(21)17-9-8-15-6-4-5-7-16(15)11-17/h8-11,13H,4-7H2,1-3H3,(H,20,21). The number of hydrogen-bond acceptors (Lipinski definition) is 2. The molecule has 1 aliphatic rings. The zero-order valence-corrected chi connectivity index (χ0v) is 13.5. The van der Waals surface area contributed by atoms with E-state index in [2.05, 4.69) is 17.4 Å². The summed E-state index contributed by atoms with van der Waals surface area (Å²) in [6.45, 7) is 5.85. The highest BCUT2D eigenvalue weighted by Crippen LogP contribution is 2.24. The molecule has 0 radical (unpaired) electrons. The fourth-order valence-corrected chi connectivity index (χ4v) is 3.31. The molecule has 1 aliphatic carbocycles. The van der Waals surface area contributed by atoms with Gasteiger partial charge in [0.2, 0.25) is 0 Å². The smallest absolute Gasteiger partial charge is 0.251 e. The summed E-state index contributed by atoms with van der Waals surface area (Å²) in [5, 5.41) is 3.07. The summed E-state index contributed by atoms with van der Waals surface area (Å²) < 4.78 is 5.55. The minimum atomic E-state index is -0.0546. The van der Waals surface area contributed by atoms with Crippen LogP contribution in [0, 0.1) is 13.8 Å². The van der Waals surface area contributed by atoms with E-state index in [0.29, 0.717) is 0 Å². The summed E-state index contributed by atoms with van der Waals surface area (Å²) in [7, 11) is 0. The van der Waals surface area contributed by atoms with Gasteiger partial charge >= 0.3 is 0 Å². The maximum atomic E-state index is 12.5. The van der Waals surface area contributed by atoms with E-state index in [-0.39, 0.29) is 11.9 Å². The maximum absolute atomic E-state index is 12.5. The number of hydrogen-bond donors (Lipinski definition) is 1. The fraction of sp³-hybridized carbons (Fsp3) is 0.421. The van der Waals surface area contributed by atoms with E-state index in [1.165, 1.54) is 24.0 Å². The lowest BCUT2D eigenvalue weighted by Crippen LogP contribution is -2.27. The normalized spacial score (nSPS) is 15.2. The molecule has 0 saturated heterocycles. The zero-order chi connectivity index (χ0) is 15.7. The second kappa shape index (κ2) is 5.99. The van der Waals surface area contributed by atoms with Crippen LogP contribution in [-0.2, 0) is 12.8 Å². The molecule has 22 heavy (non-hydrogen) atoms. The molecule has 0 fully saturated rings. The van der Waals surface area contributed by atoms with Crippen LogP contribution in [-0.4, -0.2) is 5.91 Å². The molecule has 3 nitrogen and oxygen atoms in total. The van der Waals surface area contributed by atoms with E-state index in [0.717, 1.165) is 35.5 Å². The van der Waals surface area contributed by atoms with Gasteiger partial charge in [-0.1, -0.05) is 6.07 Å². The van der Waals surface area contributed by atoms with Gasteiger partial charge in [-0.25, -0.2) is 0 Å². The highest BCUT2D eigenvalue weighted by atomic mass is 16.3. The Kier molecular flexibility index (Phi) is 4.06. The van der Waals surface area contributed by atoms with Gasteiger partial charge in [0.05, 0.1) is 6.04 Å². The first-order chi connectivity index (χ1) is 10.5. The first kappa shape index (κ1) is 14.9. The highest BCUT2D eigenvalue weighted by molar-refractivity contribution is 5.94. The largest absolute Gasteiger partial charge is 0.466 e. The zero-order valence-electron chi connectivity index (χ0n) is 13.5. The second-order valence-electron chi connectivity index (χ2n) is 6.25. The van der Waals surface area contributed by atoms with Crippen LogP contribution >= 0.6 is 0 Å². The predicted octanol–water partition coefficient (Wildman–Crippen LogP) is 4.27. The van der Waals surface area contributed by atoms with Gasteiger partial charge < -0.3 is 9.73 Å². The monoisotopic (exact) mass is 297 g/mol. The predicted molar refractivity (Wildman–Crippen MR) is 87.1 cm³/mol. The molecule has 3 heteroatoms. The van der Waals surface area contributed by atoms with E-state index in [1.807, 2.05) is 32.9 Å². The Bertz CT molecular complexity index is 699. The van der Waals surface area contributed by atoms with Crippen molar-refractivity contribution >= 4 is 5.91 Å². The third-order valence-corrected chi connectivity index (χ3v) is 4.50. The number of amides is 1. The topological polar surface area (TPSA) is 42.2 Å². The molecule has 3 rings (SSSR count). The van der Waals surface area contributed by atoms with Gasteiger partial charge in [-0.15, -0.1) is 0 Å². The number of furan rings is 1. The van der Waals surface area contributed by atoms with E-state index in [1.54, 1.807) is 0 Å². The molecule has 1 unspecified atom stereocenters. The lowest BCUT2D eigenvalue weighted by molar-refractivity contribution is 0.0939. The number of rotatable bonds is 3. The van der Waals surface area contributed by atoms with E-state index < -0.39 is 0 Å². The van der Waals surface area contributed by atoms with Crippen molar-refractivity contribution in [1.29, 1.82) is 0 Å². The molecule has 2 aromatic rings. The number of carbonyl (C=O) groups is 1. The third-order valence-electron chi connectivity index (χ3n) is 4.50. The van der Waals surface area contributed by atoms with Crippen molar-refractivity contribution in [2.75, 3.05) is 0 Å². The van der Waals surface area contributed by atoms with Gasteiger partial charge in [0.15, 0.2) is 0 Å². The van der Waals surface area contributed by atoms with Crippen molar-refractivity contribution in [3.8, 4) is 0 Å². The summed E-state index contributed by atoms with van der Waals surface area (Å²) in [5.41, 5.74) is 4.54. The van der Waals surface area contributed by atoms with Crippen molar-refractivity contribution in [2.24, 2.45) is 0 Å². The molecule has 1 heterocycles. The minimum Gasteiger partial charge on any atom is -0.466 e. The summed E-state index contributed by atoms with van der Waals surface area (Å²) in [5.74, 6) is 1.73. The second-order valence-corrected chi connectivity index (χ2v) is 6.25. The molecule has 1 aromatic carbocycles. The molecule has 0 bridgehead atoms. The van der Waals surface area contributed by atoms with Gasteiger partial charge in [-0.3, -0.25) is 4.79 Å². The molecule has 1 aromatic heterocycles. The van der Waals surface area contributed by atoms with Crippen LogP contribution in [0.3, 0.4) is 0 Å². The van der Waals surface area contributed by atoms with Crippen LogP contribution in [0.2, 0.25) is 0 Å². The quantitative estimate of drug-likeness (QED) is 0.919. The Morgan fingerprint density at radius 2 is 1.86 bits per heavy atom. The summed E-state index contributed by atoms with van der Waals surface area (Å²) in [6, 6.07) is 8.05. The van der Waals surface area contributed by atoms with Crippen molar-refractivity contribution in [2.45, 2.75) is 52.5 Å². The molecule has 1 atom stereocenters. The molecule has 1 amide bonds. The van der Waals surface area contributed by atoms with E-state index >= 15 is 0 Å². The van der Waals surface area contributed by atoms with Gasteiger partial charge in [-0.05, 0) is 75.8 Å². The summed E-state index contributed by atoms with van der Waals surface area (Å²) >= 11 is 0. The number of benzene rings is 1. The summed E-state index contributed by atoms with van der Waals surface area (Å²) in [4.78, 5) is 12.5. The lowest BCUT2D eigenvalue weighted by Gasteiger charge is -2.18. The van der Waals surface area contributed by atoms with E-state index in [4.69, 9.17) is 4.42 Å². The Hall–Kier alpha value is -2.03. The molecule has 0 aliphatic heterocycles. The van der Waals surface area contributed by atoms with Crippen LogP contribution in [0.5, 0.6) is 0 Å². The highest BCUT2D eigenvalue weighted by Gasteiger charge is 2.17. The first-order valence-electron chi connectivity index (χ1n) is 8.04. The van der Waals surface area contributed by atoms with Crippen molar-refractivity contribution in [1.82, 2.24) is 5.32 Å². The Morgan fingerprint density at radius 1 is 1.14 bits per heavy atom. The van der Waals surface area contributed by atoms with Gasteiger partial charge in [-0.2, -0.15) is 0 Å². The van der Waals surface area contributed by atoms with Crippen molar-refractivity contribution < 1.29 is 9.21 Å². The van der Waals surface area contributed by atoms with Crippen LogP contribution in [0.4, 0.5) is 0 Å². The van der Waals surface area contributed by atoms with Gasteiger partial charge in [0.1, 0.15) is 11.5 Å². The number of fused-ring (bicyclic) bond motifs is 1. The average molecular weight is 297 g/mol. The Morgan fingerprint density at radius 3 is 2.55 bits per heavy atom. The van der Waals surface area contributed by atoms with Crippen LogP contribution in [0.15, 0.2) is 28.7 Å². The fourth-order valence-electron chi connectivity index (χ4n) is 3.31. The maximum Gasteiger partial charge on any atom is 0.251 e. The van der Waals surface area contributed by atoms with E-state index in [9.17, 15) is 4.79 Å². The lowest BCUT2D eigenvalue weighted by atomic mass is 9.90. The SMILES string of the molecule is Cc1cc(C(C)NC(=O)c2ccc3c(c2)CCCC3)c(C)o1. The Balaban J connectivity index is 1.75. The minimum absolute atomic E-state index is 0.0147. The average Bonchev–Trinajstić information content (AvgIpc) is 2.85. The first-order valence-corrected chi connectivity index (χ1v) is 8.04. The van der Waals surface area contributed by atoms with Crippen LogP contribution < -0.4 is 5.32 Å². The molecule has 116 valence electrons. The summed E-state index contributed by atoms with van der Waals surface area (Å²) in [6.07, 6.45) is 4.71. The Labute approximate surface area is 131 Å². The van der Waals surface area contributed by atoms with Gasteiger partial charge in [0, 0.05) is 11.1 Å². The molecule has 1 N–H and O–H groups in total. The van der Waals surface area contributed by atoms with Crippen molar-refractivity contribution in [3.63, 3.8) is 0 Å². The molecule has 0 spiro atoms. The number of aryl methyl sites for hydroxylation is 4. The molecular formula is C19H23NO2. The molecular weight excluding hydrogens is 274 g/mol. The van der Waals surface area contributed by atoms with Crippen LogP contribution in [0.25, 0.3) is 0 Å². The van der Waals surface area contributed by atoms with Gasteiger partial charge in [0.25, 0.3) is 5.91 Å². The van der Waals surface area contributed by atoms with Crippen molar-refractivity contribution in [3.05, 3.63) is 58.0 Å². The number of nitrogens with one attached hydrogen (secondary N) is 1. The molecule has 0 saturated carbocycles.